The Morgan fingerprint density at radius 2 is 2.29 bits per heavy atom. The summed E-state index contributed by atoms with van der Waals surface area (Å²) in [6.07, 6.45) is 0.442. The van der Waals surface area contributed by atoms with Crippen molar-refractivity contribution in [2.24, 2.45) is 16.5 Å². The van der Waals surface area contributed by atoms with Crippen molar-refractivity contribution in [2.45, 2.75) is 25.4 Å². The van der Waals surface area contributed by atoms with Crippen LogP contribution >= 0.6 is 0 Å². The molecule has 1 unspecified atom stereocenters. The molecule has 1 atom stereocenters. The lowest BCUT2D eigenvalue weighted by molar-refractivity contribution is -0.281. The number of hydrogen-bond donors (Lipinski definition) is 2. The highest BCUT2D eigenvalue weighted by atomic mass is 17.3. The molecule has 0 aliphatic heterocycles. The van der Waals surface area contributed by atoms with E-state index in [0.717, 1.165) is 0 Å². The number of aliphatic hydroxyl groups is 1. The maximum atomic E-state index is 11.2. The van der Waals surface area contributed by atoms with Gasteiger partial charge in [-0.05, 0) is 19.3 Å². The predicted octanol–water partition coefficient (Wildman–Crippen LogP) is -0.368. The minimum Gasteiger partial charge on any atom is -0.391 e. The van der Waals surface area contributed by atoms with Crippen LogP contribution in [0.1, 0.15) is 19.3 Å². The first kappa shape index (κ1) is 11.0. The monoisotopic (exact) mass is 204 g/mol. The highest BCUT2D eigenvalue weighted by Crippen LogP contribution is 2.50. The van der Waals surface area contributed by atoms with Crippen LogP contribution in [0.2, 0.25) is 0 Å². The molecule has 0 aromatic heterocycles. The Bertz CT molecular complexity index is 228. The molecule has 1 rings (SSSR count). The van der Waals surface area contributed by atoms with Gasteiger partial charge < -0.3 is 5.11 Å². The first-order valence-corrected chi connectivity index (χ1v) is 4.19. The van der Waals surface area contributed by atoms with Crippen LogP contribution in [0.3, 0.4) is 0 Å². The van der Waals surface area contributed by atoms with Gasteiger partial charge in [0.1, 0.15) is 6.54 Å². The molecule has 7 heteroatoms. The second-order valence-corrected chi connectivity index (χ2v) is 3.42. The Morgan fingerprint density at radius 3 is 2.71 bits per heavy atom. The van der Waals surface area contributed by atoms with Crippen LogP contribution in [-0.2, 0) is 14.7 Å². The number of hydrogen-bond acceptors (Lipinski definition) is 7. The first-order valence-electron chi connectivity index (χ1n) is 4.19. The van der Waals surface area contributed by atoms with E-state index in [1.165, 1.54) is 0 Å². The summed E-state index contributed by atoms with van der Waals surface area (Å²) in [5.74, 6) is 3.96. The Labute approximate surface area is 80.0 Å². The summed E-state index contributed by atoms with van der Waals surface area (Å²) in [6.45, 7) is -0.224. The molecule has 0 heterocycles. The zero-order valence-corrected chi connectivity index (χ0v) is 7.51. The Kier molecular flexibility index (Phi) is 3.50. The third-order valence-electron chi connectivity index (χ3n) is 2.32. The number of carbonyl (C=O) groups is 1. The fourth-order valence-electron chi connectivity index (χ4n) is 1.38. The molecule has 0 saturated heterocycles. The van der Waals surface area contributed by atoms with Crippen molar-refractivity contribution in [3.63, 3.8) is 0 Å². The molecule has 3 N–H and O–H groups in total. The van der Waals surface area contributed by atoms with E-state index in [2.05, 4.69) is 20.9 Å². The molecular formula is C7H12N2O5. The third kappa shape index (κ3) is 2.47. The maximum absolute atomic E-state index is 11.2. The molecule has 14 heavy (non-hydrogen) atoms. The SMILES string of the molecule is NOOC(=O)C1(CC(O)CN=O)CC1. The molecule has 1 aliphatic rings. The lowest BCUT2D eigenvalue weighted by Gasteiger charge is -2.14. The van der Waals surface area contributed by atoms with Crippen molar-refractivity contribution < 1.29 is 19.8 Å². The average Bonchev–Trinajstić information content (AvgIpc) is 2.86. The molecule has 1 aliphatic carbocycles. The molecule has 1 fully saturated rings. The van der Waals surface area contributed by atoms with Crippen molar-refractivity contribution in [3.8, 4) is 0 Å². The van der Waals surface area contributed by atoms with E-state index >= 15 is 0 Å². The summed E-state index contributed by atoms with van der Waals surface area (Å²) >= 11 is 0. The van der Waals surface area contributed by atoms with Crippen LogP contribution in [0.15, 0.2) is 5.18 Å². The van der Waals surface area contributed by atoms with Crippen molar-refractivity contribution >= 4 is 5.97 Å². The second-order valence-electron chi connectivity index (χ2n) is 3.42. The van der Waals surface area contributed by atoms with E-state index in [4.69, 9.17) is 0 Å². The zero-order valence-electron chi connectivity index (χ0n) is 7.51. The topological polar surface area (TPSA) is 111 Å². The van der Waals surface area contributed by atoms with Crippen LogP contribution in [-0.4, -0.2) is 23.7 Å². The summed E-state index contributed by atoms with van der Waals surface area (Å²) in [5.41, 5.74) is -0.733. The minimum atomic E-state index is -0.916. The van der Waals surface area contributed by atoms with Gasteiger partial charge in [-0.25, -0.2) is 4.79 Å². The fourth-order valence-corrected chi connectivity index (χ4v) is 1.38. The van der Waals surface area contributed by atoms with Gasteiger partial charge in [-0.15, -0.1) is 0 Å². The average molecular weight is 204 g/mol. The van der Waals surface area contributed by atoms with Gasteiger partial charge in [0.15, 0.2) is 0 Å². The van der Waals surface area contributed by atoms with Crippen LogP contribution in [0.5, 0.6) is 0 Å². The van der Waals surface area contributed by atoms with E-state index in [1.807, 2.05) is 0 Å². The van der Waals surface area contributed by atoms with Gasteiger partial charge in [0.2, 0.25) is 0 Å². The third-order valence-corrected chi connectivity index (χ3v) is 2.32. The lowest BCUT2D eigenvalue weighted by Crippen LogP contribution is -2.26. The summed E-state index contributed by atoms with van der Waals surface area (Å²) < 4.78 is 0. The van der Waals surface area contributed by atoms with E-state index in [9.17, 15) is 14.8 Å². The second kappa shape index (κ2) is 4.45. The maximum Gasteiger partial charge on any atom is 0.350 e. The van der Waals surface area contributed by atoms with Crippen LogP contribution in [0.4, 0.5) is 0 Å². The smallest absolute Gasteiger partial charge is 0.350 e. The number of nitrogens with two attached hydrogens (primary N) is 1. The van der Waals surface area contributed by atoms with Crippen molar-refractivity contribution in [1.82, 2.24) is 0 Å². The summed E-state index contributed by atoms with van der Waals surface area (Å²) in [6, 6.07) is 0. The fraction of sp³-hybridized carbons (Fsp3) is 0.857. The van der Waals surface area contributed by atoms with Crippen molar-refractivity contribution in [3.05, 3.63) is 4.91 Å². The van der Waals surface area contributed by atoms with Gasteiger partial charge in [-0.1, -0.05) is 10.2 Å². The van der Waals surface area contributed by atoms with E-state index in [-0.39, 0.29) is 13.0 Å². The minimum absolute atomic E-state index is 0.154. The Hall–Kier alpha value is -1.05. The van der Waals surface area contributed by atoms with E-state index in [0.29, 0.717) is 12.8 Å². The van der Waals surface area contributed by atoms with E-state index < -0.39 is 17.5 Å². The molecule has 80 valence electrons. The predicted molar refractivity (Wildman–Crippen MR) is 44.3 cm³/mol. The Morgan fingerprint density at radius 1 is 1.64 bits per heavy atom. The standard InChI is InChI=1S/C7H12N2O5/c8-14-13-6(11)7(1-2-7)3-5(10)4-9-12/h5,10H,1-4,8H2. The molecule has 0 aromatic rings. The van der Waals surface area contributed by atoms with Gasteiger partial charge in [-0.2, -0.15) is 10.8 Å². The van der Waals surface area contributed by atoms with Crippen LogP contribution in [0, 0.1) is 10.3 Å². The van der Waals surface area contributed by atoms with Gasteiger partial charge >= 0.3 is 5.97 Å². The van der Waals surface area contributed by atoms with Gasteiger partial charge in [0, 0.05) is 0 Å². The number of nitrogens with zero attached hydrogens (tertiary/aromatic N) is 1. The van der Waals surface area contributed by atoms with Gasteiger partial charge in [0.05, 0.1) is 11.5 Å². The number of nitroso groups, excluding NO2 is 1. The molecule has 0 amide bonds. The first-order chi connectivity index (χ1) is 6.64. The number of carbonyl (C=O) groups excluding carboxylic acids is 1. The lowest BCUT2D eigenvalue weighted by atomic mass is 9.99. The van der Waals surface area contributed by atoms with Gasteiger partial charge in [0.25, 0.3) is 0 Å². The zero-order chi connectivity index (χ0) is 10.6. The Balaban J connectivity index is 2.41. The normalized spacial score (nSPS) is 19.9. The molecule has 0 aromatic carbocycles. The molecule has 7 nitrogen and oxygen atoms in total. The summed E-state index contributed by atoms with van der Waals surface area (Å²) in [4.78, 5) is 29.0. The molecule has 1 saturated carbocycles. The summed E-state index contributed by atoms with van der Waals surface area (Å²) in [5, 5.41) is 11.8. The quantitative estimate of drug-likeness (QED) is 0.347. The highest BCUT2D eigenvalue weighted by molar-refractivity contribution is 5.79. The van der Waals surface area contributed by atoms with E-state index in [1.54, 1.807) is 0 Å². The van der Waals surface area contributed by atoms with Gasteiger partial charge in [-0.3, -0.25) is 4.89 Å². The van der Waals surface area contributed by atoms with Crippen molar-refractivity contribution in [2.75, 3.05) is 6.54 Å². The molecule has 0 bridgehead atoms. The molecular weight excluding hydrogens is 192 g/mol. The largest absolute Gasteiger partial charge is 0.391 e. The van der Waals surface area contributed by atoms with Crippen molar-refractivity contribution in [1.29, 1.82) is 0 Å². The number of aliphatic hydroxyl groups excluding tert-OH is 1. The highest BCUT2D eigenvalue weighted by Gasteiger charge is 2.53. The summed E-state index contributed by atoms with van der Waals surface area (Å²) in [7, 11) is 0. The number of rotatable bonds is 6. The molecule has 0 radical (unpaired) electrons. The van der Waals surface area contributed by atoms with Crippen LogP contribution in [0.25, 0.3) is 0 Å². The van der Waals surface area contributed by atoms with Crippen LogP contribution < -0.4 is 5.90 Å². The molecule has 0 spiro atoms.